The molecule has 0 atom stereocenters. The molecular formula is C30H15Cl10O5V-5. The number of hydrogen-bond acceptors (Lipinski definition) is 5. The van der Waals surface area contributed by atoms with E-state index in [0.29, 0.717) is 25.1 Å². The number of benzene rings is 5. The van der Waals surface area contributed by atoms with Crippen molar-refractivity contribution in [3.8, 4) is 28.7 Å². The summed E-state index contributed by atoms with van der Waals surface area (Å²) in [4.78, 5) is 0. The summed E-state index contributed by atoms with van der Waals surface area (Å²) < 4.78 is 0. The van der Waals surface area contributed by atoms with Crippen LogP contribution in [0.2, 0.25) is 50.2 Å². The topological polar surface area (TPSA) is 115 Å². The van der Waals surface area contributed by atoms with Crippen LogP contribution in [0.3, 0.4) is 0 Å². The average Bonchev–Trinajstić information content (AvgIpc) is 3.00. The van der Waals surface area contributed by atoms with Gasteiger partial charge in [-0.25, -0.2) is 0 Å². The van der Waals surface area contributed by atoms with Gasteiger partial charge < -0.3 is 25.5 Å². The molecular weight excluding hydrogens is 846 g/mol. The molecule has 245 valence electrons. The molecule has 5 rings (SSSR count). The SMILES string of the molecule is [O-]c1cccc(Cl)c1Cl.[O-]c1cccc(Cl)c1Cl.[O-]c1cccc(Cl)c1Cl.[O-]c1cccc(Cl)c1Cl.[O-]c1cccc(Cl)c1Cl.[V]. The van der Waals surface area contributed by atoms with E-state index in [0.717, 1.165) is 0 Å². The van der Waals surface area contributed by atoms with Crippen LogP contribution >= 0.6 is 116 Å². The van der Waals surface area contributed by atoms with Gasteiger partial charge >= 0.3 is 0 Å². The van der Waals surface area contributed by atoms with Crippen LogP contribution in [0.4, 0.5) is 0 Å². The molecule has 0 unspecified atom stereocenters. The van der Waals surface area contributed by atoms with Crippen molar-refractivity contribution < 1.29 is 44.1 Å². The first-order valence-corrected chi connectivity index (χ1v) is 15.4. The van der Waals surface area contributed by atoms with Crippen molar-refractivity contribution in [2.75, 3.05) is 0 Å². The molecule has 0 aromatic heterocycles. The molecule has 5 nitrogen and oxygen atoms in total. The van der Waals surface area contributed by atoms with Gasteiger partial charge in [-0.2, -0.15) is 0 Å². The molecule has 0 fully saturated rings. The second kappa shape index (κ2) is 23.0. The van der Waals surface area contributed by atoms with Gasteiger partial charge in [0.25, 0.3) is 0 Å². The van der Waals surface area contributed by atoms with Crippen LogP contribution in [0, 0.1) is 0 Å². The summed E-state index contributed by atoms with van der Waals surface area (Å²) in [6.07, 6.45) is 0. The Bertz CT molecular complexity index is 1300. The maximum absolute atomic E-state index is 10.6. The summed E-state index contributed by atoms with van der Waals surface area (Å²) in [5.74, 6) is -1.16. The van der Waals surface area contributed by atoms with E-state index in [1.54, 1.807) is 60.7 Å². The minimum absolute atomic E-state index is 0. The predicted octanol–water partition coefficient (Wildman–Crippen LogP) is 10.3. The molecule has 46 heavy (non-hydrogen) atoms. The van der Waals surface area contributed by atoms with Gasteiger partial charge in [0.1, 0.15) is 0 Å². The molecule has 1 radical (unpaired) electrons. The Kier molecular flexibility index (Phi) is 22.3. The predicted molar refractivity (Wildman–Crippen MR) is 180 cm³/mol. The number of hydrogen-bond donors (Lipinski definition) is 0. The third kappa shape index (κ3) is 15.7. The van der Waals surface area contributed by atoms with Gasteiger partial charge in [0, 0.05) is 18.6 Å². The Hall–Kier alpha value is -1.42. The zero-order valence-electron chi connectivity index (χ0n) is 22.4. The van der Waals surface area contributed by atoms with Gasteiger partial charge in [0.15, 0.2) is 0 Å². The van der Waals surface area contributed by atoms with Gasteiger partial charge in [-0.1, -0.05) is 205 Å². The molecule has 0 aliphatic heterocycles. The third-order valence-corrected chi connectivity index (χ3v) is 8.59. The molecule has 0 aliphatic carbocycles. The molecule has 0 N–H and O–H groups in total. The van der Waals surface area contributed by atoms with Gasteiger partial charge in [-0.05, 0) is 30.3 Å². The Balaban J connectivity index is 0.000000547. The first-order valence-electron chi connectivity index (χ1n) is 11.6. The smallest absolute Gasteiger partial charge is 0.0586 e. The molecule has 5 aromatic rings. The Morgan fingerprint density at radius 1 is 0.261 bits per heavy atom. The van der Waals surface area contributed by atoms with E-state index in [-0.39, 0.29) is 72.4 Å². The Morgan fingerprint density at radius 2 is 0.391 bits per heavy atom. The quantitative estimate of drug-likeness (QED) is 0.154. The summed E-state index contributed by atoms with van der Waals surface area (Å²) >= 11 is 54.6. The first kappa shape index (κ1) is 44.6. The maximum Gasteiger partial charge on any atom is 0.0586 e. The minimum atomic E-state index is -0.232. The monoisotopic (exact) mass is 856 g/mol. The molecule has 0 aliphatic rings. The van der Waals surface area contributed by atoms with Gasteiger partial charge in [0.2, 0.25) is 0 Å². The van der Waals surface area contributed by atoms with Crippen LogP contribution < -0.4 is 25.5 Å². The summed E-state index contributed by atoms with van der Waals surface area (Å²) in [5, 5.41) is 55.1. The standard InChI is InChI=1S/5C6H4Cl2O.V/c5*7-4-2-1-3-5(9)6(4)8;/h5*1-3,9H;/p-5. The fourth-order valence-corrected chi connectivity index (χ4v) is 3.88. The second-order valence-corrected chi connectivity index (χ2v) is 11.7. The molecule has 0 heterocycles. The molecule has 0 saturated heterocycles. The molecule has 16 heteroatoms. The maximum atomic E-state index is 10.6. The Morgan fingerprint density at radius 3 is 0.478 bits per heavy atom. The summed E-state index contributed by atoms with van der Waals surface area (Å²) in [6, 6.07) is 22.5. The van der Waals surface area contributed by atoms with E-state index in [9.17, 15) is 25.5 Å². The summed E-state index contributed by atoms with van der Waals surface area (Å²) in [5.41, 5.74) is 0. The van der Waals surface area contributed by atoms with E-state index in [1.807, 2.05) is 0 Å². The number of rotatable bonds is 0. The fraction of sp³-hybridized carbons (Fsp3) is 0. The van der Waals surface area contributed by atoms with Crippen molar-refractivity contribution in [1.29, 1.82) is 0 Å². The summed E-state index contributed by atoms with van der Waals surface area (Å²) in [7, 11) is 0. The van der Waals surface area contributed by atoms with Crippen molar-refractivity contribution in [2.45, 2.75) is 0 Å². The normalized spacial score (nSPS) is 9.35. The third-order valence-electron chi connectivity index (χ3n) is 4.58. The van der Waals surface area contributed by atoms with Crippen molar-refractivity contribution >= 4 is 116 Å². The number of halogens is 10. The zero-order chi connectivity index (χ0) is 34.3. The van der Waals surface area contributed by atoms with Crippen molar-refractivity contribution in [1.82, 2.24) is 0 Å². The summed E-state index contributed by atoms with van der Waals surface area (Å²) in [6.45, 7) is 0. The minimum Gasteiger partial charge on any atom is -0.871 e. The van der Waals surface area contributed by atoms with Crippen LogP contribution in [0.1, 0.15) is 0 Å². The molecule has 0 saturated carbocycles. The van der Waals surface area contributed by atoms with Crippen LogP contribution in [0.25, 0.3) is 0 Å². The van der Waals surface area contributed by atoms with Crippen LogP contribution in [0.15, 0.2) is 91.0 Å². The largest absolute Gasteiger partial charge is 0.871 e. The fourth-order valence-electron chi connectivity index (χ4n) is 2.42. The zero-order valence-corrected chi connectivity index (χ0v) is 31.4. The van der Waals surface area contributed by atoms with E-state index < -0.39 is 0 Å². The molecule has 0 spiro atoms. The van der Waals surface area contributed by atoms with Gasteiger partial charge in [-0.15, -0.1) is 0 Å². The van der Waals surface area contributed by atoms with Crippen LogP contribution in [-0.4, -0.2) is 0 Å². The van der Waals surface area contributed by atoms with Crippen molar-refractivity contribution in [3.05, 3.63) is 141 Å². The van der Waals surface area contributed by atoms with Crippen LogP contribution in [-0.2, 0) is 18.6 Å². The van der Waals surface area contributed by atoms with Crippen molar-refractivity contribution in [3.63, 3.8) is 0 Å². The van der Waals surface area contributed by atoms with E-state index in [4.69, 9.17) is 116 Å². The average molecular weight is 861 g/mol. The van der Waals surface area contributed by atoms with Gasteiger partial charge in [0.05, 0.1) is 50.2 Å². The first-order chi connectivity index (χ1) is 21.1. The van der Waals surface area contributed by atoms with E-state index >= 15 is 0 Å². The second-order valence-electron chi connectivity index (χ2n) is 7.76. The van der Waals surface area contributed by atoms with Crippen LogP contribution in [0.5, 0.6) is 28.7 Å². The van der Waals surface area contributed by atoms with E-state index in [1.165, 1.54) is 30.3 Å². The molecule has 0 amide bonds. The molecule has 0 bridgehead atoms. The Labute approximate surface area is 327 Å². The van der Waals surface area contributed by atoms with Crippen molar-refractivity contribution in [2.24, 2.45) is 0 Å². The molecule has 5 aromatic carbocycles. The van der Waals surface area contributed by atoms with E-state index in [2.05, 4.69) is 0 Å². The van der Waals surface area contributed by atoms with Gasteiger partial charge in [-0.3, -0.25) is 0 Å².